The molecule has 3 aromatic rings. The van der Waals surface area contributed by atoms with Crippen molar-refractivity contribution in [2.75, 3.05) is 23.5 Å². The average Bonchev–Trinajstić information content (AvgIpc) is 2.83. The molecule has 0 radical (unpaired) electrons. The molecular weight excluding hydrogens is 434 g/mol. The van der Waals surface area contributed by atoms with Gasteiger partial charge in [-0.1, -0.05) is 49.4 Å². The molecule has 0 bridgehead atoms. The third-order valence-electron chi connectivity index (χ3n) is 5.03. The second-order valence-electron chi connectivity index (χ2n) is 7.54. The fraction of sp³-hybridized carbons (Fsp3) is 0.154. The number of amides is 2. The number of hydrogen-bond donors (Lipinski definition) is 4. The summed E-state index contributed by atoms with van der Waals surface area (Å²) >= 11 is 0. The molecule has 0 fully saturated rings. The highest BCUT2D eigenvalue weighted by Gasteiger charge is 2.24. The summed E-state index contributed by atoms with van der Waals surface area (Å²) in [6.45, 7) is 1.79. The van der Waals surface area contributed by atoms with E-state index < -0.39 is 18.1 Å². The second-order valence-corrected chi connectivity index (χ2v) is 7.54. The lowest BCUT2D eigenvalue weighted by Crippen LogP contribution is -2.21. The van der Waals surface area contributed by atoms with Gasteiger partial charge >= 0.3 is 6.09 Å². The number of hydrogen-bond acceptors (Lipinski definition) is 6. The van der Waals surface area contributed by atoms with E-state index in [0.717, 1.165) is 0 Å². The Kier molecular flexibility index (Phi) is 8.12. The highest BCUT2D eigenvalue weighted by atomic mass is 16.6. The van der Waals surface area contributed by atoms with Gasteiger partial charge in [0.2, 0.25) is 5.91 Å². The summed E-state index contributed by atoms with van der Waals surface area (Å²) in [4.78, 5) is 25.0. The third-order valence-corrected chi connectivity index (χ3v) is 5.03. The van der Waals surface area contributed by atoms with Crippen molar-refractivity contribution in [1.29, 1.82) is 0 Å². The van der Waals surface area contributed by atoms with Crippen LogP contribution in [0.25, 0.3) is 0 Å². The monoisotopic (exact) mass is 461 g/mol. The van der Waals surface area contributed by atoms with Gasteiger partial charge in [0.1, 0.15) is 6.10 Å². The molecule has 8 nitrogen and oxygen atoms in total. The Hall–Kier alpha value is -4.46. The summed E-state index contributed by atoms with van der Waals surface area (Å²) in [5, 5.41) is 15.6. The van der Waals surface area contributed by atoms with E-state index in [4.69, 9.17) is 15.2 Å². The van der Waals surface area contributed by atoms with E-state index in [1.807, 2.05) is 6.07 Å². The molecule has 176 valence electrons. The fourth-order valence-corrected chi connectivity index (χ4v) is 3.27. The Morgan fingerprint density at radius 1 is 1.00 bits per heavy atom. The van der Waals surface area contributed by atoms with Gasteiger partial charge < -0.3 is 25.6 Å². The maximum Gasteiger partial charge on any atom is 0.412 e. The van der Waals surface area contributed by atoms with Gasteiger partial charge in [-0.3, -0.25) is 10.1 Å². The van der Waals surface area contributed by atoms with Crippen LogP contribution in [-0.2, 0) is 9.53 Å². The minimum atomic E-state index is -0.800. The highest BCUT2D eigenvalue weighted by molar-refractivity contribution is 6.01. The van der Waals surface area contributed by atoms with Crippen molar-refractivity contribution in [3.8, 4) is 11.5 Å². The Morgan fingerprint density at radius 2 is 1.71 bits per heavy atom. The van der Waals surface area contributed by atoms with Crippen LogP contribution in [-0.4, -0.2) is 24.2 Å². The molecular formula is C26H27N3O5. The van der Waals surface area contributed by atoms with Crippen LogP contribution in [0, 0.1) is 5.92 Å². The van der Waals surface area contributed by atoms with Gasteiger partial charge in [-0.15, -0.1) is 0 Å². The fourth-order valence-electron chi connectivity index (χ4n) is 3.27. The van der Waals surface area contributed by atoms with Crippen LogP contribution in [0.2, 0.25) is 0 Å². The number of carbonyl (C=O) groups is 2. The summed E-state index contributed by atoms with van der Waals surface area (Å²) < 4.78 is 10.8. The van der Waals surface area contributed by atoms with Crippen LogP contribution in [0.15, 0.2) is 84.9 Å². The molecule has 0 aromatic heterocycles. The predicted octanol–water partition coefficient (Wildman–Crippen LogP) is 5.10. The number of carbonyl (C=O) groups excluding carboxylic acids is 2. The number of anilines is 3. The first-order valence-electron chi connectivity index (χ1n) is 10.6. The zero-order valence-electron chi connectivity index (χ0n) is 18.9. The number of rotatable bonds is 8. The Bertz CT molecular complexity index is 1160. The van der Waals surface area contributed by atoms with Gasteiger partial charge in [0.25, 0.3) is 0 Å². The average molecular weight is 462 g/mol. The Labute approximate surface area is 198 Å². The number of methoxy groups -OCH3 is 1. The van der Waals surface area contributed by atoms with Crippen molar-refractivity contribution in [2.24, 2.45) is 5.92 Å². The lowest BCUT2D eigenvalue weighted by atomic mass is 9.96. The molecule has 0 saturated carbocycles. The van der Waals surface area contributed by atoms with Gasteiger partial charge in [-0.2, -0.15) is 0 Å². The minimum Gasteiger partial charge on any atom is -0.504 e. The van der Waals surface area contributed by atoms with E-state index in [2.05, 4.69) is 10.6 Å². The van der Waals surface area contributed by atoms with Gasteiger partial charge in [0.05, 0.1) is 18.5 Å². The summed E-state index contributed by atoms with van der Waals surface area (Å²) in [7, 11) is 1.44. The number of para-hydroxylation sites is 3. The predicted molar refractivity (Wildman–Crippen MR) is 132 cm³/mol. The summed E-state index contributed by atoms with van der Waals surface area (Å²) in [6.07, 6.45) is 1.50. The van der Waals surface area contributed by atoms with Crippen molar-refractivity contribution in [3.63, 3.8) is 0 Å². The van der Waals surface area contributed by atoms with Crippen molar-refractivity contribution in [3.05, 3.63) is 90.5 Å². The molecule has 3 rings (SSSR count). The molecule has 2 atom stereocenters. The number of nitrogen functional groups attached to an aromatic ring is 1. The number of phenols is 1. The second kappa shape index (κ2) is 11.4. The molecule has 5 N–H and O–H groups in total. The Morgan fingerprint density at radius 3 is 2.38 bits per heavy atom. The molecule has 0 spiro atoms. The maximum absolute atomic E-state index is 12.6. The van der Waals surface area contributed by atoms with E-state index in [-0.39, 0.29) is 11.7 Å². The number of benzene rings is 3. The van der Waals surface area contributed by atoms with Crippen LogP contribution in [0.4, 0.5) is 21.9 Å². The first kappa shape index (κ1) is 24.2. The first-order chi connectivity index (χ1) is 16.4. The van der Waals surface area contributed by atoms with Crippen molar-refractivity contribution in [1.82, 2.24) is 0 Å². The summed E-state index contributed by atoms with van der Waals surface area (Å²) in [5.74, 6) is -0.604. The van der Waals surface area contributed by atoms with Gasteiger partial charge in [-0.25, -0.2) is 4.79 Å². The quantitative estimate of drug-likeness (QED) is 0.273. The number of aromatic hydroxyl groups is 1. The number of nitrogens with one attached hydrogen (secondary N) is 2. The first-order valence-corrected chi connectivity index (χ1v) is 10.6. The zero-order chi connectivity index (χ0) is 24.5. The molecule has 0 aliphatic carbocycles. The van der Waals surface area contributed by atoms with Crippen LogP contribution in [0.5, 0.6) is 11.5 Å². The SMILES string of the molecule is COc1ccc([C@@H](OC(=O)Nc2ccccc2)[C@H](C)/C=C/C(=O)Nc2ccccc2N)cc1O. The molecule has 2 amide bonds. The van der Waals surface area contributed by atoms with E-state index in [1.54, 1.807) is 73.7 Å². The van der Waals surface area contributed by atoms with Crippen LogP contribution < -0.4 is 21.1 Å². The lowest BCUT2D eigenvalue weighted by Gasteiger charge is -2.23. The van der Waals surface area contributed by atoms with Gasteiger partial charge in [-0.05, 0) is 48.0 Å². The molecule has 0 heterocycles. The number of phenolic OH excluding ortho intramolecular Hbond substituents is 1. The summed E-state index contributed by atoms with van der Waals surface area (Å²) in [6, 6.07) is 20.5. The molecule has 8 heteroatoms. The van der Waals surface area contributed by atoms with Gasteiger partial charge in [0, 0.05) is 11.6 Å². The molecule has 0 unspecified atom stereocenters. The van der Waals surface area contributed by atoms with Crippen molar-refractivity contribution < 1.29 is 24.2 Å². The molecule has 34 heavy (non-hydrogen) atoms. The normalized spacial score (nSPS) is 12.5. The van der Waals surface area contributed by atoms with E-state index in [0.29, 0.717) is 28.4 Å². The van der Waals surface area contributed by atoms with E-state index in [9.17, 15) is 14.7 Å². The lowest BCUT2D eigenvalue weighted by molar-refractivity contribution is -0.111. The maximum atomic E-state index is 12.6. The third kappa shape index (κ3) is 6.52. The van der Waals surface area contributed by atoms with Crippen LogP contribution in [0.1, 0.15) is 18.6 Å². The van der Waals surface area contributed by atoms with Crippen LogP contribution >= 0.6 is 0 Å². The standard InChI is InChI=1S/C26H27N3O5/c1-17(12-15-24(31)29-21-11-7-6-10-20(21)27)25(18-13-14-23(33-2)22(30)16-18)34-26(32)28-19-8-4-3-5-9-19/h3-17,25,30H,27H2,1-2H3,(H,28,32)(H,29,31)/b15-12+/t17-,25+/m1/s1. The van der Waals surface area contributed by atoms with Gasteiger partial charge in [0.15, 0.2) is 11.5 Å². The van der Waals surface area contributed by atoms with Crippen molar-refractivity contribution >= 4 is 29.1 Å². The molecule has 0 aliphatic heterocycles. The van der Waals surface area contributed by atoms with E-state index >= 15 is 0 Å². The topological polar surface area (TPSA) is 123 Å². The minimum absolute atomic E-state index is 0.0921. The molecule has 0 saturated heterocycles. The highest BCUT2D eigenvalue weighted by Crippen LogP contribution is 2.34. The van der Waals surface area contributed by atoms with Crippen LogP contribution in [0.3, 0.4) is 0 Å². The number of nitrogens with two attached hydrogens (primary N) is 1. The molecule has 0 aliphatic rings. The number of ether oxygens (including phenoxy) is 2. The summed E-state index contributed by atoms with van der Waals surface area (Å²) in [5.41, 5.74) is 7.93. The largest absolute Gasteiger partial charge is 0.504 e. The van der Waals surface area contributed by atoms with Crippen molar-refractivity contribution in [2.45, 2.75) is 13.0 Å². The molecule has 3 aromatic carbocycles. The van der Waals surface area contributed by atoms with E-state index in [1.165, 1.54) is 19.3 Å². The Balaban J connectivity index is 1.78. The zero-order valence-corrected chi connectivity index (χ0v) is 18.9. The smallest absolute Gasteiger partial charge is 0.412 e.